The number of ketones is 1. The molecule has 0 aromatic carbocycles. The third-order valence-electron chi connectivity index (χ3n) is 2.62. The van der Waals surface area contributed by atoms with Gasteiger partial charge in [-0.15, -0.1) is 0 Å². The van der Waals surface area contributed by atoms with Crippen molar-refractivity contribution in [2.24, 2.45) is 5.11 Å². The number of aromatic nitrogens is 1. The Balaban J connectivity index is 3.19. The average molecular weight is 437 g/mol. The number of Topliss-reactive ketones (excluding diaryl/α,β-unsaturated/α-hetero) is 1. The van der Waals surface area contributed by atoms with E-state index in [-0.39, 0.29) is 6.04 Å². The first kappa shape index (κ1) is 17.2. The second-order valence-electron chi connectivity index (χ2n) is 4.06. The van der Waals surface area contributed by atoms with Gasteiger partial charge in [-0.25, -0.2) is 5.53 Å². The first-order valence-electron chi connectivity index (χ1n) is 5.63. The van der Waals surface area contributed by atoms with E-state index in [1.807, 2.05) is 13.1 Å². The summed E-state index contributed by atoms with van der Waals surface area (Å²) in [5.41, 5.74) is 7.35. The molecule has 0 unspecified atom stereocenters. The Kier molecular flexibility index (Phi) is 6.56. The molecule has 1 atom stereocenters. The van der Waals surface area contributed by atoms with Crippen molar-refractivity contribution in [1.82, 2.24) is 4.57 Å². The summed E-state index contributed by atoms with van der Waals surface area (Å²) >= 11 is 19.1. The van der Waals surface area contributed by atoms with Gasteiger partial charge in [0.2, 0.25) is 5.78 Å². The largest absolute Gasteiger partial charge is 0.339 e. The molecule has 1 heterocycles. The molecule has 0 amide bonds. The van der Waals surface area contributed by atoms with Crippen molar-refractivity contribution >= 4 is 63.2 Å². The lowest BCUT2D eigenvalue weighted by atomic mass is 10.1. The topological polar surface area (TPSA) is 58.2 Å². The number of rotatable bonds is 6. The van der Waals surface area contributed by atoms with Crippen LogP contribution >= 0.6 is 57.4 Å². The molecule has 0 saturated carbocycles. The van der Waals surface area contributed by atoms with Crippen LogP contribution in [0.2, 0.25) is 0 Å². The lowest BCUT2D eigenvalue weighted by Gasteiger charge is -2.20. The maximum absolute atomic E-state index is 12.1. The van der Waals surface area contributed by atoms with Gasteiger partial charge in [-0.3, -0.25) is 4.79 Å². The van der Waals surface area contributed by atoms with Crippen LogP contribution in [0.5, 0.6) is 0 Å². The van der Waals surface area contributed by atoms with Gasteiger partial charge in [-0.2, -0.15) is 5.11 Å². The van der Waals surface area contributed by atoms with E-state index in [9.17, 15) is 4.79 Å². The third kappa shape index (κ3) is 4.58. The number of alkyl halides is 3. The summed E-state index contributed by atoms with van der Waals surface area (Å²) in [6, 6.07) is 1.61. The predicted octanol–water partition coefficient (Wildman–Crippen LogP) is 5.02. The van der Waals surface area contributed by atoms with Crippen LogP contribution in [-0.4, -0.2) is 20.7 Å². The first-order valence-corrected chi connectivity index (χ1v) is 7.84. The van der Waals surface area contributed by atoms with Gasteiger partial charge >= 0.3 is 0 Å². The van der Waals surface area contributed by atoms with Crippen molar-refractivity contribution in [1.29, 1.82) is 5.53 Å². The Morgan fingerprint density at radius 2 is 2.21 bits per heavy atom. The molecule has 0 saturated heterocycles. The van der Waals surface area contributed by atoms with Crippen LogP contribution in [0.3, 0.4) is 0 Å². The molecule has 0 fully saturated rings. The van der Waals surface area contributed by atoms with Crippen molar-refractivity contribution < 1.29 is 4.79 Å². The minimum Gasteiger partial charge on any atom is -0.339 e. The molecular formula is C11H13Cl3IN3O. The summed E-state index contributed by atoms with van der Waals surface area (Å²) in [5.74, 6) is -0.563. The van der Waals surface area contributed by atoms with Crippen LogP contribution in [-0.2, 0) is 0 Å². The molecule has 1 rings (SSSR count). The van der Waals surface area contributed by atoms with Gasteiger partial charge in [0.15, 0.2) is 0 Å². The van der Waals surface area contributed by atoms with Gasteiger partial charge in [-0.1, -0.05) is 48.1 Å². The number of hydrogen-bond acceptors (Lipinski definition) is 3. The highest BCUT2D eigenvalue weighted by atomic mass is 127. The number of carbonyl (C=O) groups excluding carboxylic acids is 1. The molecule has 1 aromatic rings. The monoisotopic (exact) mass is 435 g/mol. The van der Waals surface area contributed by atoms with Crippen LogP contribution in [0.25, 0.3) is 0 Å². The molecule has 0 aliphatic carbocycles. The van der Waals surface area contributed by atoms with E-state index in [0.717, 1.165) is 16.4 Å². The van der Waals surface area contributed by atoms with Crippen molar-refractivity contribution in [3.05, 3.63) is 21.5 Å². The highest BCUT2D eigenvalue weighted by Gasteiger charge is 2.34. The molecule has 8 heteroatoms. The predicted molar refractivity (Wildman–Crippen MR) is 85.7 cm³/mol. The minimum absolute atomic E-state index is 0.0719. The van der Waals surface area contributed by atoms with Crippen molar-refractivity contribution in [3.63, 3.8) is 0 Å². The van der Waals surface area contributed by atoms with E-state index in [1.165, 1.54) is 0 Å². The Hall–Kier alpha value is 0.150. The Labute approximate surface area is 140 Å². The number of carbonyl (C=O) groups is 1. The van der Waals surface area contributed by atoms with E-state index in [0.29, 0.717) is 12.2 Å². The molecular weight excluding hydrogens is 423 g/mol. The molecule has 0 aliphatic heterocycles. The SMILES string of the molecule is CCC[C@@H](CN=N)n1cc(I)cc1C(=O)C(Cl)(Cl)Cl. The molecule has 0 radical (unpaired) electrons. The average Bonchev–Trinajstić information content (AvgIpc) is 2.68. The fourth-order valence-corrected chi connectivity index (χ4v) is 2.72. The Morgan fingerprint density at radius 3 is 2.68 bits per heavy atom. The molecule has 4 nitrogen and oxygen atoms in total. The molecule has 0 spiro atoms. The lowest BCUT2D eigenvalue weighted by molar-refractivity contribution is 0.0985. The van der Waals surface area contributed by atoms with E-state index >= 15 is 0 Å². The lowest BCUT2D eigenvalue weighted by Crippen LogP contribution is -2.25. The maximum atomic E-state index is 12.1. The summed E-state index contributed by atoms with van der Waals surface area (Å²) in [6.07, 6.45) is 3.53. The molecule has 0 bridgehead atoms. The van der Waals surface area contributed by atoms with Gasteiger partial charge in [0.05, 0.1) is 18.3 Å². The van der Waals surface area contributed by atoms with E-state index in [1.54, 1.807) is 10.6 Å². The van der Waals surface area contributed by atoms with E-state index in [2.05, 4.69) is 27.7 Å². The zero-order valence-corrected chi connectivity index (χ0v) is 14.6. The fraction of sp³-hybridized carbons (Fsp3) is 0.545. The molecule has 106 valence electrons. The smallest absolute Gasteiger partial charge is 0.255 e. The van der Waals surface area contributed by atoms with E-state index in [4.69, 9.17) is 40.3 Å². The van der Waals surface area contributed by atoms with Crippen molar-refractivity contribution in [2.45, 2.75) is 29.6 Å². The molecule has 1 aromatic heterocycles. The standard InChI is InChI=1S/C11H13Cl3IN3O/c1-2-3-8(5-17-16)18-6-7(15)4-9(18)10(19)11(12,13)14/h4,6,8,16H,2-3,5H2,1H3/t8-/m0/s1. The first-order chi connectivity index (χ1) is 8.81. The van der Waals surface area contributed by atoms with Gasteiger partial charge < -0.3 is 4.57 Å². The maximum Gasteiger partial charge on any atom is 0.255 e. The summed E-state index contributed by atoms with van der Waals surface area (Å²) in [7, 11) is 0. The van der Waals surface area contributed by atoms with Gasteiger partial charge in [0, 0.05) is 9.77 Å². The van der Waals surface area contributed by atoms with Gasteiger partial charge in [-0.05, 0) is 35.1 Å². The number of nitrogens with one attached hydrogen (secondary N) is 1. The number of nitrogens with zero attached hydrogens (tertiary/aromatic N) is 2. The normalized spacial score (nSPS) is 13.3. The summed E-state index contributed by atoms with van der Waals surface area (Å²) in [6.45, 7) is 2.33. The summed E-state index contributed by atoms with van der Waals surface area (Å²) < 4.78 is 0.656. The zero-order chi connectivity index (χ0) is 14.6. The van der Waals surface area contributed by atoms with Crippen LogP contribution in [0.15, 0.2) is 17.4 Å². The number of hydrogen-bond donors (Lipinski definition) is 1. The van der Waals surface area contributed by atoms with E-state index < -0.39 is 9.58 Å². The van der Waals surface area contributed by atoms with Crippen LogP contribution in [0.4, 0.5) is 0 Å². The highest BCUT2D eigenvalue weighted by molar-refractivity contribution is 14.1. The van der Waals surface area contributed by atoms with Gasteiger partial charge in [0.1, 0.15) is 0 Å². The zero-order valence-electron chi connectivity index (χ0n) is 10.2. The second-order valence-corrected chi connectivity index (χ2v) is 7.59. The molecule has 0 aliphatic rings. The third-order valence-corrected chi connectivity index (χ3v) is 3.73. The fourth-order valence-electron chi connectivity index (χ4n) is 1.83. The Morgan fingerprint density at radius 1 is 1.58 bits per heavy atom. The summed E-state index contributed by atoms with van der Waals surface area (Å²) in [4.78, 5) is 12.1. The van der Waals surface area contributed by atoms with Crippen molar-refractivity contribution in [2.75, 3.05) is 6.54 Å². The Bertz CT molecular complexity index is 470. The molecule has 1 N–H and O–H groups in total. The quantitative estimate of drug-likeness (QED) is 0.290. The van der Waals surface area contributed by atoms with Crippen LogP contribution < -0.4 is 0 Å². The van der Waals surface area contributed by atoms with Crippen LogP contribution in [0, 0.1) is 9.10 Å². The minimum atomic E-state index is -1.98. The van der Waals surface area contributed by atoms with Crippen molar-refractivity contribution in [3.8, 4) is 0 Å². The van der Waals surface area contributed by atoms with Gasteiger partial charge in [0.25, 0.3) is 3.79 Å². The molecule has 19 heavy (non-hydrogen) atoms. The number of halogens is 4. The summed E-state index contributed by atoms with van der Waals surface area (Å²) in [5, 5.41) is 3.42. The van der Waals surface area contributed by atoms with Crippen LogP contribution in [0.1, 0.15) is 36.3 Å². The second kappa shape index (κ2) is 7.24. The highest BCUT2D eigenvalue weighted by Crippen LogP contribution is 2.33.